The first kappa shape index (κ1) is 28.1. The van der Waals surface area contributed by atoms with Crippen molar-refractivity contribution in [2.75, 3.05) is 30.9 Å². The number of hydrogen-bond donors (Lipinski definition) is 3. The Labute approximate surface area is 201 Å². The Balaban J connectivity index is 0.00000118. The lowest BCUT2D eigenvalue weighted by atomic mass is 9.95. The highest BCUT2D eigenvalue weighted by Crippen LogP contribution is 2.21. The van der Waals surface area contributed by atoms with Gasteiger partial charge in [-0.15, -0.1) is 0 Å². The number of rotatable bonds is 12. The van der Waals surface area contributed by atoms with Crippen molar-refractivity contribution in [2.24, 2.45) is 0 Å². The number of benzene rings is 1. The summed E-state index contributed by atoms with van der Waals surface area (Å²) in [5, 5.41) is 5.40. The zero-order valence-electron chi connectivity index (χ0n) is 19.5. The summed E-state index contributed by atoms with van der Waals surface area (Å²) in [6.07, 6.45) is 4.53. The highest BCUT2D eigenvalue weighted by Gasteiger charge is 2.16. The van der Waals surface area contributed by atoms with Crippen LogP contribution in [0.1, 0.15) is 60.4 Å². The van der Waals surface area contributed by atoms with Crippen LogP contribution in [0.2, 0.25) is 0 Å². The van der Waals surface area contributed by atoms with Crippen LogP contribution in [0.3, 0.4) is 0 Å². The normalized spacial score (nSPS) is 10.4. The lowest BCUT2D eigenvalue weighted by molar-refractivity contribution is -0.120. The summed E-state index contributed by atoms with van der Waals surface area (Å²) in [5.41, 5.74) is 2.44. The van der Waals surface area contributed by atoms with E-state index in [2.05, 4.69) is 36.4 Å². The van der Waals surface area contributed by atoms with Crippen molar-refractivity contribution in [3.05, 3.63) is 59.0 Å². The van der Waals surface area contributed by atoms with E-state index in [0.717, 1.165) is 23.3 Å². The molecule has 0 aliphatic rings. The molecule has 0 aliphatic heterocycles. The highest BCUT2D eigenvalue weighted by molar-refractivity contribution is 7.98. The van der Waals surface area contributed by atoms with Crippen molar-refractivity contribution >= 4 is 36.2 Å². The molecule has 178 valence electrons. The van der Waals surface area contributed by atoms with E-state index in [1.807, 2.05) is 43.8 Å². The largest absolute Gasteiger partial charge is 0.467 e. The van der Waals surface area contributed by atoms with Crippen LogP contribution in [0.5, 0.6) is 0 Å². The molecule has 0 unspecified atom stereocenters. The molecule has 0 saturated heterocycles. The molecule has 2 aromatic rings. The Morgan fingerprint density at radius 3 is 2.56 bits per heavy atom. The van der Waals surface area contributed by atoms with E-state index in [9.17, 15) is 9.59 Å². The van der Waals surface area contributed by atoms with Gasteiger partial charge in [-0.1, -0.05) is 32.9 Å². The molecule has 0 fully saturated rings. The molecule has 0 aliphatic carbocycles. The van der Waals surface area contributed by atoms with Gasteiger partial charge in [0.15, 0.2) is 0 Å². The average Bonchev–Trinajstić information content (AvgIpc) is 3.32. The molecule has 0 saturated carbocycles. The fourth-order valence-corrected chi connectivity index (χ4v) is 2.80. The predicted octanol–water partition coefficient (Wildman–Crippen LogP) is 4.66. The maximum absolute atomic E-state index is 12.7. The van der Waals surface area contributed by atoms with Crippen molar-refractivity contribution in [3.8, 4) is 0 Å². The Morgan fingerprint density at radius 2 is 1.97 bits per heavy atom. The van der Waals surface area contributed by atoms with Gasteiger partial charge in [-0.25, -0.2) is 0 Å². The Kier molecular flexibility index (Phi) is 14.7. The molecule has 32 heavy (non-hydrogen) atoms. The van der Waals surface area contributed by atoms with Gasteiger partial charge in [0.05, 0.1) is 26.0 Å². The first-order valence-electron chi connectivity index (χ1n) is 10.8. The maximum Gasteiger partial charge on any atom is 0.252 e. The molecular formula is C24H36N2O4S2. The first-order valence-corrected chi connectivity index (χ1v) is 12.8. The summed E-state index contributed by atoms with van der Waals surface area (Å²) in [4.78, 5) is 24.6. The highest BCUT2D eigenvalue weighted by atomic mass is 32.2. The SMILES string of the molecule is CC(C)c1ccc(COCCCS)cc1C(=O)NCC(=O)NCc1ccco1.CCSC. The summed E-state index contributed by atoms with van der Waals surface area (Å²) >= 11 is 6.02. The molecule has 0 spiro atoms. The van der Waals surface area contributed by atoms with Crippen molar-refractivity contribution in [2.45, 2.75) is 46.3 Å². The number of ether oxygens (including phenoxy) is 1. The van der Waals surface area contributed by atoms with Crippen molar-refractivity contribution in [3.63, 3.8) is 0 Å². The second-order valence-electron chi connectivity index (χ2n) is 7.32. The third-order valence-electron chi connectivity index (χ3n) is 4.44. The molecular weight excluding hydrogens is 444 g/mol. The summed E-state index contributed by atoms with van der Waals surface area (Å²) in [7, 11) is 0. The van der Waals surface area contributed by atoms with Gasteiger partial charge in [-0.3, -0.25) is 9.59 Å². The van der Waals surface area contributed by atoms with E-state index in [0.29, 0.717) is 24.5 Å². The summed E-state index contributed by atoms with van der Waals surface area (Å²) in [6.45, 7) is 7.47. The molecule has 1 aromatic carbocycles. The molecule has 1 heterocycles. The number of furan rings is 1. The number of thiol groups is 1. The number of carbonyl (C=O) groups excluding carboxylic acids is 2. The molecule has 0 bridgehead atoms. The second kappa shape index (κ2) is 16.7. The van der Waals surface area contributed by atoms with Crippen LogP contribution in [-0.4, -0.2) is 42.7 Å². The molecule has 2 amide bonds. The molecule has 0 atom stereocenters. The fourth-order valence-electron chi connectivity index (χ4n) is 2.67. The van der Waals surface area contributed by atoms with Gasteiger partial charge in [-0.05, 0) is 59.4 Å². The van der Waals surface area contributed by atoms with Crippen LogP contribution < -0.4 is 10.6 Å². The lowest BCUT2D eigenvalue weighted by Gasteiger charge is -2.15. The van der Waals surface area contributed by atoms with Crippen LogP contribution in [0.4, 0.5) is 0 Å². The summed E-state index contributed by atoms with van der Waals surface area (Å²) in [5.74, 6) is 2.32. The van der Waals surface area contributed by atoms with Crippen molar-refractivity contribution < 1.29 is 18.7 Å². The molecule has 0 radical (unpaired) electrons. The van der Waals surface area contributed by atoms with E-state index in [1.54, 1.807) is 18.4 Å². The Morgan fingerprint density at radius 1 is 1.22 bits per heavy atom. The van der Waals surface area contributed by atoms with E-state index in [1.165, 1.54) is 5.75 Å². The quantitative estimate of drug-likeness (QED) is 0.304. The number of amides is 2. The summed E-state index contributed by atoms with van der Waals surface area (Å²) in [6, 6.07) is 9.30. The third kappa shape index (κ3) is 11.1. The molecule has 1 aromatic heterocycles. The number of thioether (sulfide) groups is 1. The lowest BCUT2D eigenvalue weighted by Crippen LogP contribution is -2.37. The van der Waals surface area contributed by atoms with Gasteiger partial charge in [0.2, 0.25) is 5.91 Å². The van der Waals surface area contributed by atoms with Crippen LogP contribution in [0.25, 0.3) is 0 Å². The minimum atomic E-state index is -0.276. The van der Waals surface area contributed by atoms with E-state index in [-0.39, 0.29) is 30.8 Å². The van der Waals surface area contributed by atoms with Crippen LogP contribution >= 0.6 is 24.4 Å². The van der Waals surface area contributed by atoms with Gasteiger partial charge in [-0.2, -0.15) is 24.4 Å². The van der Waals surface area contributed by atoms with Crippen molar-refractivity contribution in [1.29, 1.82) is 0 Å². The number of carbonyl (C=O) groups is 2. The number of nitrogens with one attached hydrogen (secondary N) is 2. The van der Waals surface area contributed by atoms with Gasteiger partial charge >= 0.3 is 0 Å². The summed E-state index contributed by atoms with van der Waals surface area (Å²) < 4.78 is 10.8. The Hall–Kier alpha value is -1.90. The predicted molar refractivity (Wildman–Crippen MR) is 136 cm³/mol. The monoisotopic (exact) mass is 480 g/mol. The average molecular weight is 481 g/mol. The van der Waals surface area contributed by atoms with Crippen LogP contribution in [0, 0.1) is 0 Å². The third-order valence-corrected chi connectivity index (χ3v) is 5.33. The topological polar surface area (TPSA) is 80.6 Å². The molecule has 8 heteroatoms. The number of hydrogen-bond acceptors (Lipinski definition) is 6. The van der Waals surface area contributed by atoms with Gasteiger partial charge in [0.1, 0.15) is 5.76 Å². The zero-order chi connectivity index (χ0) is 23.8. The second-order valence-corrected chi connectivity index (χ2v) is 8.92. The van der Waals surface area contributed by atoms with E-state index < -0.39 is 0 Å². The standard InChI is InChI=1S/C21H28N2O4S.C3H8S/c1-15(2)18-7-6-16(14-26-8-4-10-28)11-19(18)21(25)23-13-20(24)22-12-17-5-3-9-27-17;1-3-4-2/h3,5-7,9,11,15,28H,4,8,10,12-14H2,1-2H3,(H,22,24)(H,23,25);3H2,1-2H3. The van der Waals surface area contributed by atoms with Gasteiger partial charge in [0, 0.05) is 12.2 Å². The zero-order valence-corrected chi connectivity index (χ0v) is 21.2. The fraction of sp³-hybridized carbons (Fsp3) is 0.500. The molecule has 2 N–H and O–H groups in total. The minimum absolute atomic E-state index is 0.0975. The Bertz CT molecular complexity index is 793. The maximum atomic E-state index is 12.7. The minimum Gasteiger partial charge on any atom is -0.467 e. The van der Waals surface area contributed by atoms with Crippen molar-refractivity contribution in [1.82, 2.24) is 10.6 Å². The van der Waals surface area contributed by atoms with Crippen LogP contribution in [0.15, 0.2) is 41.0 Å². The smallest absolute Gasteiger partial charge is 0.252 e. The first-order chi connectivity index (χ1) is 15.4. The van der Waals surface area contributed by atoms with Crippen LogP contribution in [-0.2, 0) is 22.7 Å². The van der Waals surface area contributed by atoms with E-state index in [4.69, 9.17) is 9.15 Å². The molecule has 2 rings (SSSR count). The molecule has 6 nitrogen and oxygen atoms in total. The van der Waals surface area contributed by atoms with Gasteiger partial charge in [0.25, 0.3) is 5.91 Å². The van der Waals surface area contributed by atoms with E-state index >= 15 is 0 Å². The van der Waals surface area contributed by atoms with Gasteiger partial charge < -0.3 is 19.8 Å².